The lowest BCUT2D eigenvalue weighted by molar-refractivity contribution is -0.144. The number of halogens is 7. The summed E-state index contributed by atoms with van der Waals surface area (Å²) in [6, 6.07) is 1.07. The summed E-state index contributed by atoms with van der Waals surface area (Å²) in [6.07, 6.45) is -3.30. The number of benzene rings is 1. The van der Waals surface area contributed by atoms with Crippen LogP contribution in [0.2, 0.25) is 0 Å². The zero-order valence-electron chi connectivity index (χ0n) is 29.0. The van der Waals surface area contributed by atoms with Gasteiger partial charge in [0.25, 0.3) is 0 Å². The van der Waals surface area contributed by atoms with E-state index in [-0.39, 0.29) is 54.4 Å². The molecule has 2 heterocycles. The molecule has 1 aromatic carbocycles. The molecule has 1 aromatic rings. The Balaban J connectivity index is 1.92. The van der Waals surface area contributed by atoms with Crippen molar-refractivity contribution in [3.63, 3.8) is 0 Å². The quantitative estimate of drug-likeness (QED) is 0.147. The van der Waals surface area contributed by atoms with E-state index in [4.69, 9.17) is 11.6 Å². The number of hydrogen-bond acceptors (Lipinski definition) is 9. The minimum atomic E-state index is -4.99. The second-order valence-corrected chi connectivity index (χ2v) is 12.9. The van der Waals surface area contributed by atoms with Crippen molar-refractivity contribution in [1.82, 2.24) is 19.6 Å². The Bertz CT molecular complexity index is 1460. The predicted molar refractivity (Wildman–Crippen MR) is 188 cm³/mol. The Labute approximate surface area is 299 Å². The highest BCUT2D eigenvalue weighted by Gasteiger charge is 2.39. The second kappa shape index (κ2) is 18.6. The number of nitrogens with zero attached hydrogens (tertiary/aromatic N) is 8. The fourth-order valence-corrected chi connectivity index (χ4v) is 6.34. The Hall–Kier alpha value is -3.76. The molecule has 2 unspecified atom stereocenters. The maximum atomic E-state index is 13.7. The van der Waals surface area contributed by atoms with E-state index in [1.165, 1.54) is 18.6 Å². The third-order valence-corrected chi connectivity index (χ3v) is 9.36. The average molecular weight is 747 g/mol. The first kappa shape index (κ1) is 41.7. The normalized spacial score (nSPS) is 20.5. The number of piperidine rings is 1. The van der Waals surface area contributed by atoms with Gasteiger partial charge in [0.1, 0.15) is 10.9 Å². The van der Waals surface area contributed by atoms with Crippen LogP contribution >= 0.6 is 11.6 Å². The summed E-state index contributed by atoms with van der Waals surface area (Å²) in [4.78, 5) is 35.7. The van der Waals surface area contributed by atoms with Gasteiger partial charge in [-0.15, -0.1) is 0 Å². The van der Waals surface area contributed by atoms with Crippen LogP contribution in [0, 0.1) is 5.92 Å². The number of carbonyl (C=O) groups is 1. The number of likely N-dealkylation sites (tertiary alicyclic amines) is 2. The first-order valence-electron chi connectivity index (χ1n) is 16.5. The Morgan fingerprint density at radius 1 is 1.04 bits per heavy atom. The Morgan fingerprint density at radius 3 is 2.18 bits per heavy atom. The molecule has 0 aromatic heterocycles. The summed E-state index contributed by atoms with van der Waals surface area (Å²) in [5, 5.41) is 9.44. The molecule has 0 amide bonds. The zero-order valence-corrected chi connectivity index (χ0v) is 29.7. The molecular weight excluding hydrogens is 702 g/mol. The first-order valence-corrected chi connectivity index (χ1v) is 16.9. The van der Waals surface area contributed by atoms with E-state index in [0.717, 1.165) is 12.1 Å². The first-order chi connectivity index (χ1) is 24.0. The van der Waals surface area contributed by atoms with Crippen molar-refractivity contribution in [2.24, 2.45) is 25.9 Å². The lowest BCUT2D eigenvalue weighted by Gasteiger charge is -2.29. The van der Waals surface area contributed by atoms with Crippen LogP contribution in [0.4, 0.5) is 26.3 Å². The molecule has 0 bridgehead atoms. The minimum Gasteiger partial charge on any atom is -0.481 e. The maximum Gasteiger partial charge on any atom is 0.416 e. The number of alkyl halides is 6. The largest absolute Gasteiger partial charge is 0.481 e. The third kappa shape index (κ3) is 11.9. The van der Waals surface area contributed by atoms with E-state index in [1.54, 1.807) is 4.90 Å². The SMILES string of the molecule is C=N/C=C(\C=N/CN(Cc1cc(C(F)(F)F)cc(C(F)(F)F)c1)C1CC(CC)N(/C(N=C)=C(Cl)/C=N\CN2CCC(C(=O)O)CC2)C1)N(C)CC. The highest BCUT2D eigenvalue weighted by molar-refractivity contribution is 6.39. The monoisotopic (exact) mass is 746 g/mol. The molecule has 0 saturated carbocycles. The van der Waals surface area contributed by atoms with Gasteiger partial charge in [-0.1, -0.05) is 18.5 Å². The minimum absolute atomic E-state index is 0.0487. The van der Waals surface area contributed by atoms with Gasteiger partial charge in [-0.3, -0.25) is 29.6 Å². The molecule has 17 heteroatoms. The van der Waals surface area contributed by atoms with Gasteiger partial charge in [0.2, 0.25) is 0 Å². The molecule has 0 radical (unpaired) electrons. The third-order valence-electron chi connectivity index (χ3n) is 9.10. The van der Waals surface area contributed by atoms with Crippen molar-refractivity contribution in [1.29, 1.82) is 0 Å². The molecule has 0 aliphatic carbocycles. The van der Waals surface area contributed by atoms with Crippen LogP contribution in [0.5, 0.6) is 0 Å². The van der Waals surface area contributed by atoms with Crippen LogP contribution < -0.4 is 0 Å². The van der Waals surface area contributed by atoms with Gasteiger partial charge in [0.15, 0.2) is 0 Å². The van der Waals surface area contributed by atoms with Gasteiger partial charge < -0.3 is 14.9 Å². The molecule has 0 spiro atoms. The van der Waals surface area contributed by atoms with Gasteiger partial charge >= 0.3 is 18.3 Å². The molecule has 51 heavy (non-hydrogen) atoms. The summed E-state index contributed by atoms with van der Waals surface area (Å²) in [5.41, 5.74) is -2.33. The van der Waals surface area contributed by atoms with Crippen LogP contribution in [0.15, 0.2) is 60.9 Å². The van der Waals surface area contributed by atoms with E-state index in [2.05, 4.69) is 33.4 Å². The molecule has 2 fully saturated rings. The highest BCUT2D eigenvalue weighted by atomic mass is 35.5. The molecule has 282 valence electrons. The van der Waals surface area contributed by atoms with Gasteiger partial charge in [-0.2, -0.15) is 26.3 Å². The number of hydrogen-bond donors (Lipinski definition) is 1. The van der Waals surface area contributed by atoms with Crippen LogP contribution in [0.1, 0.15) is 56.2 Å². The zero-order chi connectivity index (χ0) is 37.9. The van der Waals surface area contributed by atoms with Crippen molar-refractivity contribution in [2.45, 2.75) is 70.5 Å². The number of aliphatic imine (C=N–C) groups is 4. The van der Waals surface area contributed by atoms with E-state index in [1.807, 2.05) is 35.6 Å². The predicted octanol–water partition coefficient (Wildman–Crippen LogP) is 6.83. The van der Waals surface area contributed by atoms with Gasteiger partial charge in [0.05, 0.1) is 42.3 Å². The molecule has 2 atom stereocenters. The van der Waals surface area contributed by atoms with Crippen LogP contribution in [0.3, 0.4) is 0 Å². The topological polar surface area (TPSA) is 99.7 Å². The molecule has 2 saturated heterocycles. The van der Waals surface area contributed by atoms with Gasteiger partial charge in [0, 0.05) is 64.3 Å². The number of aliphatic carboxylic acids is 1. The van der Waals surface area contributed by atoms with Crippen molar-refractivity contribution < 1.29 is 36.2 Å². The molecular formula is C34H45ClF6N8O2. The number of carboxylic acid groups (broad SMARTS) is 1. The van der Waals surface area contributed by atoms with Crippen LogP contribution in [-0.4, -0.2) is 115 Å². The van der Waals surface area contributed by atoms with Crippen LogP contribution in [-0.2, 0) is 23.7 Å². The Kier molecular flexibility index (Phi) is 15.2. The lowest BCUT2D eigenvalue weighted by atomic mass is 9.97. The van der Waals surface area contributed by atoms with E-state index in [9.17, 15) is 36.2 Å². The summed E-state index contributed by atoms with van der Waals surface area (Å²) in [7, 11) is 1.81. The Morgan fingerprint density at radius 2 is 1.67 bits per heavy atom. The number of allylic oxidation sites excluding steroid dienone is 2. The highest BCUT2D eigenvalue weighted by Crippen LogP contribution is 2.37. The van der Waals surface area contributed by atoms with E-state index < -0.39 is 29.4 Å². The molecule has 2 aliphatic heterocycles. The van der Waals surface area contributed by atoms with E-state index in [0.29, 0.717) is 63.5 Å². The van der Waals surface area contributed by atoms with Gasteiger partial charge in [-0.25, -0.2) is 4.99 Å². The standard InChI is InChI=1S/C34H45ClF6N8O2/c1-6-27-15-28(20-49(27)31(43-4)30(35)18-45-21-47-10-8-24(9-11-47)32(50)51)48(22-44-17-29(16-42-3)46(5)7-2)19-23-12-25(33(36,37)38)14-26(13-23)34(39,40)41/h12-14,16-18,24,27-28H,3-4,6-11,15,19-22H2,1-2,5H3,(H,50,51)/b29-16+,31-30-,44-17-,45-18-. The van der Waals surface area contributed by atoms with Crippen molar-refractivity contribution >= 4 is 43.4 Å². The molecule has 1 N–H and O–H groups in total. The second-order valence-electron chi connectivity index (χ2n) is 12.5. The van der Waals surface area contributed by atoms with Crippen molar-refractivity contribution in [3.8, 4) is 0 Å². The fraction of sp³-hybridized carbons (Fsp3) is 0.559. The summed E-state index contributed by atoms with van der Waals surface area (Å²) in [6.45, 7) is 13.1. The molecule has 2 aliphatic rings. The van der Waals surface area contributed by atoms with Gasteiger partial charge in [-0.05, 0) is 69.8 Å². The smallest absolute Gasteiger partial charge is 0.416 e. The van der Waals surface area contributed by atoms with Crippen LogP contribution in [0.25, 0.3) is 0 Å². The van der Waals surface area contributed by atoms with Crippen molar-refractivity contribution in [2.75, 3.05) is 46.6 Å². The average Bonchev–Trinajstić information content (AvgIpc) is 3.50. The summed E-state index contributed by atoms with van der Waals surface area (Å²) < 4.78 is 82.4. The lowest BCUT2D eigenvalue weighted by Crippen LogP contribution is -2.37. The van der Waals surface area contributed by atoms with E-state index >= 15 is 0 Å². The van der Waals surface area contributed by atoms with Crippen molar-refractivity contribution in [3.05, 3.63) is 57.6 Å². The number of rotatable bonds is 16. The summed E-state index contributed by atoms with van der Waals surface area (Å²) >= 11 is 6.68. The maximum absolute atomic E-state index is 13.7. The fourth-order valence-electron chi connectivity index (χ4n) is 6.11. The summed E-state index contributed by atoms with van der Waals surface area (Å²) in [5.74, 6) is -0.833. The number of carboxylic acids is 1. The molecule has 10 nitrogen and oxygen atoms in total. The molecule has 3 rings (SSSR count).